The molecular weight excluding hydrogens is 264 g/mol. The molecular formula is C14H31ClO2Si. The zero-order valence-electron chi connectivity index (χ0n) is 12.6. The van der Waals surface area contributed by atoms with Crippen LogP contribution in [-0.2, 0) is 8.85 Å². The summed E-state index contributed by atoms with van der Waals surface area (Å²) in [7, 11) is -1.62. The van der Waals surface area contributed by atoms with E-state index in [-0.39, 0.29) is 5.38 Å². The zero-order valence-corrected chi connectivity index (χ0v) is 14.5. The lowest BCUT2D eigenvalue weighted by Gasteiger charge is -2.27. The van der Waals surface area contributed by atoms with E-state index in [9.17, 15) is 0 Å². The highest BCUT2D eigenvalue weighted by Gasteiger charge is 2.30. The summed E-state index contributed by atoms with van der Waals surface area (Å²) in [6.07, 6.45) is 6.65. The van der Waals surface area contributed by atoms with Crippen LogP contribution in [-0.4, -0.2) is 27.9 Å². The molecule has 0 spiro atoms. The third-order valence-corrected chi connectivity index (χ3v) is 6.88. The van der Waals surface area contributed by atoms with Crippen LogP contribution in [0.15, 0.2) is 0 Å². The van der Waals surface area contributed by atoms with E-state index in [2.05, 4.69) is 27.7 Å². The first-order chi connectivity index (χ1) is 8.71. The molecule has 0 aromatic heterocycles. The zero-order chi connectivity index (χ0) is 13.8. The summed E-state index contributed by atoms with van der Waals surface area (Å²) in [6, 6.07) is 0. The standard InChI is InChI=1S/C14H31ClO2Si/c1-5-9-11-16-18(17-12-10-6-2)14(8-4)13(15)7-3/h13-14,18H,5-12H2,1-4H3. The summed E-state index contributed by atoms with van der Waals surface area (Å²) in [5.74, 6) is 0. The van der Waals surface area contributed by atoms with Gasteiger partial charge in [-0.25, -0.2) is 0 Å². The molecule has 0 amide bonds. The highest BCUT2D eigenvalue weighted by Crippen LogP contribution is 2.28. The Bertz CT molecular complexity index is 171. The summed E-state index contributed by atoms with van der Waals surface area (Å²) >= 11 is 6.43. The van der Waals surface area contributed by atoms with Crippen molar-refractivity contribution in [2.75, 3.05) is 13.2 Å². The fraction of sp³-hybridized carbons (Fsp3) is 1.00. The highest BCUT2D eigenvalue weighted by atomic mass is 35.5. The van der Waals surface area contributed by atoms with E-state index in [0.717, 1.165) is 38.9 Å². The molecule has 0 bridgehead atoms. The first kappa shape index (κ1) is 18.4. The predicted molar refractivity (Wildman–Crippen MR) is 82.8 cm³/mol. The first-order valence-corrected chi connectivity index (χ1v) is 9.62. The molecule has 0 saturated carbocycles. The molecule has 2 atom stereocenters. The average molecular weight is 295 g/mol. The number of hydrogen-bond donors (Lipinski definition) is 0. The van der Waals surface area contributed by atoms with Gasteiger partial charge < -0.3 is 8.85 Å². The molecule has 0 heterocycles. The Morgan fingerprint density at radius 1 is 0.889 bits per heavy atom. The van der Waals surface area contributed by atoms with Crippen LogP contribution in [0.1, 0.15) is 66.2 Å². The summed E-state index contributed by atoms with van der Waals surface area (Å²) in [5.41, 5.74) is 0.436. The highest BCUT2D eigenvalue weighted by molar-refractivity contribution is 6.48. The lowest BCUT2D eigenvalue weighted by Crippen LogP contribution is -2.34. The van der Waals surface area contributed by atoms with Crippen LogP contribution >= 0.6 is 11.6 Å². The Balaban J connectivity index is 4.29. The van der Waals surface area contributed by atoms with Crippen molar-refractivity contribution in [3.63, 3.8) is 0 Å². The number of halogens is 1. The molecule has 0 fully saturated rings. The van der Waals surface area contributed by atoms with Gasteiger partial charge in [0.15, 0.2) is 0 Å². The van der Waals surface area contributed by atoms with E-state index in [1.54, 1.807) is 0 Å². The van der Waals surface area contributed by atoms with Crippen molar-refractivity contribution < 1.29 is 8.85 Å². The number of rotatable bonds is 12. The van der Waals surface area contributed by atoms with Gasteiger partial charge in [0.25, 0.3) is 0 Å². The summed E-state index contributed by atoms with van der Waals surface area (Å²) < 4.78 is 12.1. The molecule has 4 heteroatoms. The topological polar surface area (TPSA) is 18.5 Å². The molecule has 110 valence electrons. The van der Waals surface area contributed by atoms with E-state index in [0.29, 0.717) is 5.54 Å². The van der Waals surface area contributed by atoms with Gasteiger partial charge in [-0.15, -0.1) is 11.6 Å². The van der Waals surface area contributed by atoms with Crippen LogP contribution < -0.4 is 0 Å². The third kappa shape index (κ3) is 7.77. The van der Waals surface area contributed by atoms with E-state index in [1.807, 2.05) is 0 Å². The average Bonchev–Trinajstić information content (AvgIpc) is 2.39. The van der Waals surface area contributed by atoms with Gasteiger partial charge in [0.05, 0.1) is 0 Å². The number of hydrogen-bond acceptors (Lipinski definition) is 2. The SMILES string of the molecule is CCCCO[SiH](OCCCC)C(CC)C(Cl)CC. The second-order valence-corrected chi connectivity index (χ2v) is 7.63. The van der Waals surface area contributed by atoms with E-state index in [1.165, 1.54) is 12.8 Å². The summed E-state index contributed by atoms with van der Waals surface area (Å²) in [6.45, 7) is 10.4. The molecule has 0 N–H and O–H groups in total. The van der Waals surface area contributed by atoms with Crippen molar-refractivity contribution in [1.29, 1.82) is 0 Å². The lowest BCUT2D eigenvalue weighted by atomic mass is 10.2. The quantitative estimate of drug-likeness (QED) is 0.297. The van der Waals surface area contributed by atoms with Crippen LogP contribution in [0.25, 0.3) is 0 Å². The molecule has 0 aliphatic rings. The van der Waals surface area contributed by atoms with E-state index >= 15 is 0 Å². The molecule has 0 saturated heterocycles. The van der Waals surface area contributed by atoms with Gasteiger partial charge in [0.2, 0.25) is 0 Å². The fourth-order valence-corrected chi connectivity index (χ4v) is 4.83. The van der Waals surface area contributed by atoms with E-state index in [4.69, 9.17) is 20.5 Å². The third-order valence-electron chi connectivity index (χ3n) is 3.24. The van der Waals surface area contributed by atoms with Gasteiger partial charge in [-0.1, -0.05) is 47.0 Å². The summed E-state index contributed by atoms with van der Waals surface area (Å²) in [5, 5.41) is 0.204. The fourth-order valence-electron chi connectivity index (χ4n) is 1.90. The van der Waals surface area contributed by atoms with Crippen LogP contribution in [0, 0.1) is 0 Å². The largest absolute Gasteiger partial charge is 0.396 e. The Labute approximate surface area is 120 Å². The first-order valence-electron chi connectivity index (χ1n) is 7.58. The van der Waals surface area contributed by atoms with E-state index < -0.39 is 9.28 Å². The minimum atomic E-state index is -1.62. The minimum Gasteiger partial charge on any atom is -0.396 e. The molecule has 2 nitrogen and oxygen atoms in total. The van der Waals surface area contributed by atoms with Crippen LogP contribution in [0.5, 0.6) is 0 Å². The maximum Gasteiger partial charge on any atom is 0.326 e. The number of unbranched alkanes of at least 4 members (excludes halogenated alkanes) is 2. The van der Waals surface area contributed by atoms with Crippen molar-refractivity contribution in [2.24, 2.45) is 0 Å². The minimum absolute atomic E-state index is 0.204. The Kier molecular flexibility index (Phi) is 12.8. The molecule has 2 unspecified atom stereocenters. The second kappa shape index (κ2) is 12.5. The maximum atomic E-state index is 6.43. The predicted octanol–water partition coefficient (Wildman–Crippen LogP) is 4.64. The van der Waals surface area contributed by atoms with Gasteiger partial charge in [-0.3, -0.25) is 0 Å². The lowest BCUT2D eigenvalue weighted by molar-refractivity contribution is 0.180. The van der Waals surface area contributed by atoms with Crippen LogP contribution in [0.2, 0.25) is 5.54 Å². The molecule has 0 aromatic carbocycles. The van der Waals surface area contributed by atoms with Crippen LogP contribution in [0.3, 0.4) is 0 Å². The molecule has 18 heavy (non-hydrogen) atoms. The molecule has 0 radical (unpaired) electrons. The Hall–Kier alpha value is 0.427. The van der Waals surface area contributed by atoms with Crippen LogP contribution in [0.4, 0.5) is 0 Å². The summed E-state index contributed by atoms with van der Waals surface area (Å²) in [4.78, 5) is 0. The van der Waals surface area contributed by atoms with Crippen molar-refractivity contribution >= 4 is 20.9 Å². The Morgan fingerprint density at radius 2 is 1.39 bits per heavy atom. The van der Waals surface area contributed by atoms with Gasteiger partial charge in [-0.05, 0) is 19.3 Å². The van der Waals surface area contributed by atoms with Gasteiger partial charge in [0.1, 0.15) is 0 Å². The van der Waals surface area contributed by atoms with Crippen molar-refractivity contribution in [3.8, 4) is 0 Å². The molecule has 0 aromatic rings. The Morgan fingerprint density at radius 3 is 1.72 bits per heavy atom. The van der Waals surface area contributed by atoms with Crippen molar-refractivity contribution in [3.05, 3.63) is 0 Å². The van der Waals surface area contributed by atoms with Gasteiger partial charge in [0, 0.05) is 24.1 Å². The number of alkyl halides is 1. The monoisotopic (exact) mass is 294 g/mol. The molecule has 0 rings (SSSR count). The smallest absolute Gasteiger partial charge is 0.326 e. The molecule has 0 aliphatic carbocycles. The second-order valence-electron chi connectivity index (χ2n) is 4.81. The molecule has 0 aliphatic heterocycles. The van der Waals surface area contributed by atoms with Gasteiger partial charge in [-0.2, -0.15) is 0 Å². The normalized spacial score (nSPS) is 15.0. The van der Waals surface area contributed by atoms with Crippen molar-refractivity contribution in [2.45, 2.75) is 77.1 Å². The van der Waals surface area contributed by atoms with Gasteiger partial charge >= 0.3 is 9.28 Å². The van der Waals surface area contributed by atoms with Crippen molar-refractivity contribution in [1.82, 2.24) is 0 Å². The maximum absolute atomic E-state index is 6.43.